The van der Waals surface area contributed by atoms with Crippen LogP contribution in [0.2, 0.25) is 5.02 Å². The molecule has 0 spiro atoms. The summed E-state index contributed by atoms with van der Waals surface area (Å²) in [5, 5.41) is 0.704. The van der Waals surface area contributed by atoms with Crippen LogP contribution >= 0.6 is 23.4 Å². The average Bonchev–Trinajstić information content (AvgIpc) is 3.09. The van der Waals surface area contributed by atoms with Gasteiger partial charge in [-0.15, -0.1) is 11.8 Å². The molecule has 1 aromatic rings. The number of hydrogen-bond acceptors (Lipinski definition) is 3. The van der Waals surface area contributed by atoms with E-state index < -0.39 is 0 Å². The van der Waals surface area contributed by atoms with E-state index in [1.165, 1.54) is 0 Å². The van der Waals surface area contributed by atoms with Crippen LogP contribution in [0.25, 0.3) is 0 Å². The van der Waals surface area contributed by atoms with E-state index >= 15 is 0 Å². The topological polar surface area (TPSA) is 40.6 Å². The van der Waals surface area contributed by atoms with Crippen LogP contribution in [0.5, 0.6) is 0 Å². The molecule has 3 rings (SSSR count). The zero-order valence-electron chi connectivity index (χ0n) is 11.6. The molecule has 4 nitrogen and oxygen atoms in total. The second-order valence-electron chi connectivity index (χ2n) is 5.34. The summed E-state index contributed by atoms with van der Waals surface area (Å²) in [5.74, 6) is 1.19. The lowest BCUT2D eigenvalue weighted by molar-refractivity contribution is -0.138. The molecule has 0 radical (unpaired) electrons. The van der Waals surface area contributed by atoms with Crippen molar-refractivity contribution < 1.29 is 9.59 Å². The van der Waals surface area contributed by atoms with E-state index in [2.05, 4.69) is 0 Å². The molecular weight excluding hydrogens is 308 g/mol. The molecule has 2 aliphatic rings. The van der Waals surface area contributed by atoms with Crippen LogP contribution in [0.15, 0.2) is 24.3 Å². The molecule has 0 aromatic heterocycles. The highest BCUT2D eigenvalue weighted by molar-refractivity contribution is 8.00. The number of carbonyl (C=O) groups is 2. The quantitative estimate of drug-likeness (QED) is 0.858. The number of halogens is 1. The standard InChI is InChI=1S/C15H17ClN2O2S/c16-12-5-2-1-4-11(12)13-6-3-7-18(13)14(19)8-17-10-21-9-15(17)20/h1-2,4-5,13H,3,6-10H2/t13-/m0/s1. The Labute approximate surface area is 133 Å². The van der Waals surface area contributed by atoms with Gasteiger partial charge in [0.15, 0.2) is 0 Å². The van der Waals surface area contributed by atoms with Gasteiger partial charge in [-0.05, 0) is 24.5 Å². The summed E-state index contributed by atoms with van der Waals surface area (Å²) in [6.07, 6.45) is 1.91. The zero-order valence-corrected chi connectivity index (χ0v) is 13.2. The van der Waals surface area contributed by atoms with Crippen molar-refractivity contribution in [1.29, 1.82) is 0 Å². The lowest BCUT2D eigenvalue weighted by Crippen LogP contribution is -2.40. The first-order chi connectivity index (χ1) is 10.2. The van der Waals surface area contributed by atoms with Crippen molar-refractivity contribution in [3.63, 3.8) is 0 Å². The Morgan fingerprint density at radius 1 is 1.38 bits per heavy atom. The van der Waals surface area contributed by atoms with E-state index in [-0.39, 0.29) is 24.4 Å². The van der Waals surface area contributed by atoms with Crippen molar-refractivity contribution >= 4 is 35.2 Å². The number of thioether (sulfide) groups is 1. The lowest BCUT2D eigenvalue weighted by Gasteiger charge is -2.27. The van der Waals surface area contributed by atoms with E-state index in [0.717, 1.165) is 24.9 Å². The summed E-state index contributed by atoms with van der Waals surface area (Å²) in [6.45, 7) is 0.927. The zero-order chi connectivity index (χ0) is 14.8. The average molecular weight is 325 g/mol. The Morgan fingerprint density at radius 3 is 2.90 bits per heavy atom. The van der Waals surface area contributed by atoms with Crippen LogP contribution in [-0.4, -0.2) is 46.3 Å². The van der Waals surface area contributed by atoms with Crippen molar-refractivity contribution in [2.45, 2.75) is 18.9 Å². The molecule has 2 aliphatic heterocycles. The highest BCUT2D eigenvalue weighted by atomic mass is 35.5. The van der Waals surface area contributed by atoms with Crippen molar-refractivity contribution in [3.05, 3.63) is 34.9 Å². The molecule has 0 unspecified atom stereocenters. The normalized spacial score (nSPS) is 22.1. The molecule has 0 N–H and O–H groups in total. The first kappa shape index (κ1) is 14.7. The molecule has 1 atom stereocenters. The fourth-order valence-corrected chi connectivity index (χ4v) is 4.09. The van der Waals surface area contributed by atoms with Gasteiger partial charge in [0.1, 0.15) is 6.54 Å². The molecule has 6 heteroatoms. The maximum Gasteiger partial charge on any atom is 0.242 e. The number of rotatable bonds is 3. The van der Waals surface area contributed by atoms with Gasteiger partial charge in [-0.1, -0.05) is 29.8 Å². The Morgan fingerprint density at radius 2 is 2.19 bits per heavy atom. The number of likely N-dealkylation sites (tertiary alicyclic amines) is 1. The summed E-state index contributed by atoms with van der Waals surface area (Å²) in [5.41, 5.74) is 1.01. The van der Waals surface area contributed by atoms with Crippen LogP contribution in [-0.2, 0) is 9.59 Å². The lowest BCUT2D eigenvalue weighted by atomic mass is 10.0. The van der Waals surface area contributed by atoms with Crippen LogP contribution in [0.4, 0.5) is 0 Å². The van der Waals surface area contributed by atoms with Crippen molar-refractivity contribution in [1.82, 2.24) is 9.80 Å². The van der Waals surface area contributed by atoms with Crippen LogP contribution in [0.3, 0.4) is 0 Å². The maximum atomic E-state index is 12.5. The fraction of sp³-hybridized carbons (Fsp3) is 0.467. The van der Waals surface area contributed by atoms with Gasteiger partial charge < -0.3 is 9.80 Å². The second-order valence-corrected chi connectivity index (χ2v) is 6.70. The number of amides is 2. The largest absolute Gasteiger partial charge is 0.334 e. The molecule has 1 aromatic carbocycles. The molecule has 2 heterocycles. The predicted octanol–water partition coefficient (Wildman–Crippen LogP) is 2.54. The highest BCUT2D eigenvalue weighted by Gasteiger charge is 2.33. The Balaban J connectivity index is 1.73. The van der Waals surface area contributed by atoms with Gasteiger partial charge in [-0.25, -0.2) is 0 Å². The minimum atomic E-state index is 0.0215. The van der Waals surface area contributed by atoms with Gasteiger partial charge in [0.2, 0.25) is 11.8 Å². The van der Waals surface area contributed by atoms with E-state index in [1.807, 2.05) is 29.2 Å². The third-order valence-corrected chi connectivity index (χ3v) is 5.28. The Kier molecular flexibility index (Phi) is 4.40. The van der Waals surface area contributed by atoms with E-state index in [9.17, 15) is 9.59 Å². The van der Waals surface area contributed by atoms with Gasteiger partial charge in [0, 0.05) is 11.6 Å². The first-order valence-corrected chi connectivity index (χ1v) is 8.59. The summed E-state index contributed by atoms with van der Waals surface area (Å²) >= 11 is 7.82. The molecule has 0 bridgehead atoms. The molecule has 21 heavy (non-hydrogen) atoms. The molecule has 2 saturated heterocycles. The predicted molar refractivity (Wildman–Crippen MR) is 84.2 cm³/mol. The minimum Gasteiger partial charge on any atom is -0.334 e. The Hall–Kier alpha value is -1.20. The third kappa shape index (κ3) is 3.04. The highest BCUT2D eigenvalue weighted by Crippen LogP contribution is 2.35. The summed E-state index contributed by atoms with van der Waals surface area (Å²) in [6, 6.07) is 7.72. The molecule has 112 valence electrons. The van der Waals surface area contributed by atoms with E-state index in [4.69, 9.17) is 11.6 Å². The van der Waals surface area contributed by atoms with Crippen molar-refractivity contribution in [2.75, 3.05) is 24.7 Å². The maximum absolute atomic E-state index is 12.5. The number of benzene rings is 1. The Bertz CT molecular complexity index is 566. The third-order valence-electron chi connectivity index (χ3n) is 3.99. The van der Waals surface area contributed by atoms with Crippen LogP contribution < -0.4 is 0 Å². The molecule has 2 fully saturated rings. The number of carbonyl (C=O) groups excluding carboxylic acids is 2. The van der Waals surface area contributed by atoms with Crippen LogP contribution in [0, 0.1) is 0 Å². The van der Waals surface area contributed by atoms with Gasteiger partial charge >= 0.3 is 0 Å². The number of nitrogens with zero attached hydrogens (tertiary/aromatic N) is 2. The van der Waals surface area contributed by atoms with Gasteiger partial charge in [0.25, 0.3) is 0 Å². The summed E-state index contributed by atoms with van der Waals surface area (Å²) in [4.78, 5) is 27.7. The van der Waals surface area contributed by atoms with Crippen LogP contribution in [0.1, 0.15) is 24.4 Å². The van der Waals surface area contributed by atoms with Crippen molar-refractivity contribution in [3.8, 4) is 0 Å². The molecule has 0 aliphatic carbocycles. The molecule has 0 saturated carbocycles. The second kappa shape index (κ2) is 6.28. The van der Waals surface area contributed by atoms with E-state index in [1.54, 1.807) is 16.7 Å². The van der Waals surface area contributed by atoms with Crippen molar-refractivity contribution in [2.24, 2.45) is 0 Å². The van der Waals surface area contributed by atoms with Gasteiger partial charge in [-0.2, -0.15) is 0 Å². The molecule has 2 amide bonds. The summed E-state index contributed by atoms with van der Waals surface area (Å²) < 4.78 is 0. The fourth-order valence-electron chi connectivity index (χ4n) is 2.93. The number of hydrogen-bond donors (Lipinski definition) is 0. The van der Waals surface area contributed by atoms with Gasteiger partial charge in [0.05, 0.1) is 17.7 Å². The molecular formula is C15H17ClN2O2S. The summed E-state index contributed by atoms with van der Waals surface area (Å²) in [7, 11) is 0. The smallest absolute Gasteiger partial charge is 0.242 e. The SMILES string of the molecule is O=C1CSCN1CC(=O)N1CCC[C@H]1c1ccccc1Cl. The van der Waals surface area contributed by atoms with E-state index in [0.29, 0.717) is 16.7 Å². The monoisotopic (exact) mass is 324 g/mol. The first-order valence-electron chi connectivity index (χ1n) is 7.06. The van der Waals surface area contributed by atoms with Gasteiger partial charge in [-0.3, -0.25) is 9.59 Å². The minimum absolute atomic E-state index is 0.0215.